The monoisotopic (exact) mass is 269 g/mol. The fraction of sp³-hybridized carbons (Fsp3) is 0.643. The first-order valence-corrected chi connectivity index (χ1v) is 6.61. The average Bonchev–Trinajstić information content (AvgIpc) is 2.40. The van der Waals surface area contributed by atoms with Gasteiger partial charge in [0.05, 0.1) is 5.69 Å². The van der Waals surface area contributed by atoms with Gasteiger partial charge >= 0.3 is 0 Å². The summed E-state index contributed by atoms with van der Waals surface area (Å²) in [7, 11) is 2.04. The van der Waals surface area contributed by atoms with Gasteiger partial charge in [-0.25, -0.2) is 0 Å². The Morgan fingerprint density at radius 2 is 2.11 bits per heavy atom. The standard InChI is InChI=1S/C14H23N3.ClH/c1-12(14-5-3-4-8-16-14)17-9-6-13(7-10-17)11-15-2;/h3-5,8,12-13,15H,6-7,9-11H2,1-2H3;1H. The number of hydrogen-bond donors (Lipinski definition) is 1. The summed E-state index contributed by atoms with van der Waals surface area (Å²) >= 11 is 0. The van der Waals surface area contributed by atoms with Crippen molar-refractivity contribution < 1.29 is 0 Å². The van der Waals surface area contributed by atoms with Crippen LogP contribution in [0, 0.1) is 5.92 Å². The van der Waals surface area contributed by atoms with Crippen molar-refractivity contribution in [2.75, 3.05) is 26.7 Å². The molecule has 2 rings (SSSR count). The summed E-state index contributed by atoms with van der Waals surface area (Å²) in [5, 5.41) is 3.28. The molecule has 0 aromatic carbocycles. The van der Waals surface area contributed by atoms with Crippen LogP contribution in [0.4, 0.5) is 0 Å². The van der Waals surface area contributed by atoms with E-state index in [1.54, 1.807) is 0 Å². The molecule has 1 aliphatic rings. The zero-order valence-corrected chi connectivity index (χ0v) is 12.1. The second-order valence-electron chi connectivity index (χ2n) is 4.97. The number of piperidine rings is 1. The molecule has 1 aromatic heterocycles. The van der Waals surface area contributed by atoms with Crippen LogP contribution < -0.4 is 5.32 Å². The number of pyridine rings is 1. The van der Waals surface area contributed by atoms with Gasteiger partial charge in [-0.15, -0.1) is 12.4 Å². The van der Waals surface area contributed by atoms with Crippen LogP contribution in [0.5, 0.6) is 0 Å². The molecule has 4 heteroatoms. The van der Waals surface area contributed by atoms with Crippen molar-refractivity contribution in [2.45, 2.75) is 25.8 Å². The quantitative estimate of drug-likeness (QED) is 0.910. The maximum atomic E-state index is 4.46. The zero-order valence-electron chi connectivity index (χ0n) is 11.3. The van der Waals surface area contributed by atoms with E-state index in [9.17, 15) is 0 Å². The summed E-state index contributed by atoms with van der Waals surface area (Å²) in [6, 6.07) is 6.64. The number of nitrogens with one attached hydrogen (secondary N) is 1. The summed E-state index contributed by atoms with van der Waals surface area (Å²) in [5.74, 6) is 0.854. The number of likely N-dealkylation sites (tertiary alicyclic amines) is 1. The molecule has 2 heterocycles. The van der Waals surface area contributed by atoms with Gasteiger partial charge in [-0.3, -0.25) is 9.88 Å². The van der Waals surface area contributed by atoms with E-state index in [1.165, 1.54) is 31.6 Å². The number of halogens is 1. The minimum atomic E-state index is 0. The van der Waals surface area contributed by atoms with Gasteiger partial charge in [0, 0.05) is 12.2 Å². The molecule has 3 nitrogen and oxygen atoms in total. The van der Waals surface area contributed by atoms with Crippen molar-refractivity contribution in [1.82, 2.24) is 15.2 Å². The number of aromatic nitrogens is 1. The molecule has 0 spiro atoms. The Bertz CT molecular complexity index is 323. The highest BCUT2D eigenvalue weighted by Crippen LogP contribution is 2.24. The lowest BCUT2D eigenvalue weighted by molar-refractivity contribution is 0.139. The molecule has 1 aliphatic heterocycles. The first kappa shape index (κ1) is 15.4. The van der Waals surface area contributed by atoms with E-state index in [0.717, 1.165) is 12.5 Å². The average molecular weight is 270 g/mol. The molecule has 1 saturated heterocycles. The molecule has 0 saturated carbocycles. The number of rotatable bonds is 4. The molecule has 0 aliphatic carbocycles. The van der Waals surface area contributed by atoms with E-state index >= 15 is 0 Å². The number of hydrogen-bond acceptors (Lipinski definition) is 3. The molecule has 1 fully saturated rings. The van der Waals surface area contributed by atoms with E-state index in [2.05, 4.69) is 34.3 Å². The van der Waals surface area contributed by atoms with E-state index in [4.69, 9.17) is 0 Å². The molecule has 1 N–H and O–H groups in total. The van der Waals surface area contributed by atoms with Crippen molar-refractivity contribution in [1.29, 1.82) is 0 Å². The van der Waals surface area contributed by atoms with E-state index in [0.29, 0.717) is 6.04 Å². The Morgan fingerprint density at radius 1 is 1.39 bits per heavy atom. The molecule has 0 radical (unpaired) electrons. The highest BCUT2D eigenvalue weighted by Gasteiger charge is 2.23. The van der Waals surface area contributed by atoms with E-state index in [-0.39, 0.29) is 12.4 Å². The Morgan fingerprint density at radius 3 is 2.67 bits per heavy atom. The second-order valence-corrected chi connectivity index (χ2v) is 4.97. The summed E-state index contributed by atoms with van der Waals surface area (Å²) in [5.41, 5.74) is 1.19. The fourth-order valence-electron chi connectivity index (χ4n) is 2.64. The van der Waals surface area contributed by atoms with Crippen LogP contribution in [-0.2, 0) is 0 Å². The lowest BCUT2D eigenvalue weighted by Crippen LogP contribution is -2.38. The molecular weight excluding hydrogens is 246 g/mol. The third-order valence-electron chi connectivity index (χ3n) is 3.81. The van der Waals surface area contributed by atoms with Crippen molar-refractivity contribution in [3.63, 3.8) is 0 Å². The molecule has 0 amide bonds. The van der Waals surface area contributed by atoms with Crippen molar-refractivity contribution >= 4 is 12.4 Å². The van der Waals surface area contributed by atoms with E-state index in [1.807, 2.05) is 19.3 Å². The first-order chi connectivity index (χ1) is 8.31. The largest absolute Gasteiger partial charge is 0.319 e. The Labute approximate surface area is 116 Å². The van der Waals surface area contributed by atoms with Crippen LogP contribution in [0.25, 0.3) is 0 Å². The van der Waals surface area contributed by atoms with Crippen LogP contribution in [-0.4, -0.2) is 36.6 Å². The predicted molar refractivity (Wildman–Crippen MR) is 78.1 cm³/mol. The lowest BCUT2D eigenvalue weighted by Gasteiger charge is -2.35. The fourth-order valence-corrected chi connectivity index (χ4v) is 2.64. The minimum Gasteiger partial charge on any atom is -0.319 e. The summed E-state index contributed by atoms with van der Waals surface area (Å²) in [6.45, 7) is 5.82. The van der Waals surface area contributed by atoms with Gasteiger partial charge in [0.2, 0.25) is 0 Å². The van der Waals surface area contributed by atoms with Crippen molar-refractivity contribution in [2.24, 2.45) is 5.92 Å². The van der Waals surface area contributed by atoms with Gasteiger partial charge in [0.1, 0.15) is 0 Å². The van der Waals surface area contributed by atoms with Gasteiger partial charge in [-0.2, -0.15) is 0 Å². The molecule has 1 atom stereocenters. The molecule has 102 valence electrons. The maximum absolute atomic E-state index is 4.46. The molecule has 18 heavy (non-hydrogen) atoms. The number of nitrogens with zero attached hydrogens (tertiary/aromatic N) is 2. The molecular formula is C14H24ClN3. The van der Waals surface area contributed by atoms with Crippen LogP contribution in [0.2, 0.25) is 0 Å². The van der Waals surface area contributed by atoms with Gasteiger partial charge in [0.15, 0.2) is 0 Å². The third kappa shape index (κ3) is 3.94. The maximum Gasteiger partial charge on any atom is 0.0572 e. The summed E-state index contributed by atoms with van der Waals surface area (Å²) < 4.78 is 0. The highest BCUT2D eigenvalue weighted by molar-refractivity contribution is 5.85. The minimum absolute atomic E-state index is 0. The Hall–Kier alpha value is -0.640. The van der Waals surface area contributed by atoms with Crippen molar-refractivity contribution in [3.05, 3.63) is 30.1 Å². The lowest BCUT2D eigenvalue weighted by atomic mass is 9.95. The van der Waals surface area contributed by atoms with Crippen molar-refractivity contribution in [3.8, 4) is 0 Å². The topological polar surface area (TPSA) is 28.2 Å². The summed E-state index contributed by atoms with van der Waals surface area (Å²) in [6.07, 6.45) is 4.50. The molecule has 1 aromatic rings. The zero-order chi connectivity index (χ0) is 12.1. The third-order valence-corrected chi connectivity index (χ3v) is 3.81. The molecule has 0 bridgehead atoms. The van der Waals surface area contributed by atoms with Gasteiger partial charge in [-0.1, -0.05) is 6.07 Å². The smallest absolute Gasteiger partial charge is 0.0572 e. The SMILES string of the molecule is CNCC1CCN(C(C)c2ccccn2)CC1.Cl. The van der Waals surface area contributed by atoms with Gasteiger partial charge < -0.3 is 5.32 Å². The van der Waals surface area contributed by atoms with Gasteiger partial charge in [-0.05, 0) is 64.5 Å². The van der Waals surface area contributed by atoms with Crippen LogP contribution in [0.1, 0.15) is 31.5 Å². The molecule has 1 unspecified atom stereocenters. The van der Waals surface area contributed by atoms with Crippen LogP contribution in [0.15, 0.2) is 24.4 Å². The predicted octanol–water partition coefficient (Wildman–Crippen LogP) is 2.50. The first-order valence-electron chi connectivity index (χ1n) is 6.61. The summed E-state index contributed by atoms with van der Waals surface area (Å²) in [4.78, 5) is 7.01. The highest BCUT2D eigenvalue weighted by atomic mass is 35.5. The normalized spacial score (nSPS) is 19.2. The van der Waals surface area contributed by atoms with Gasteiger partial charge in [0.25, 0.3) is 0 Å². The van der Waals surface area contributed by atoms with Crippen LogP contribution in [0.3, 0.4) is 0 Å². The Kier molecular flexibility index (Phi) is 6.61. The Balaban J connectivity index is 0.00000162. The van der Waals surface area contributed by atoms with E-state index < -0.39 is 0 Å². The second kappa shape index (κ2) is 7.72. The van der Waals surface area contributed by atoms with Crippen LogP contribution >= 0.6 is 12.4 Å².